The van der Waals surface area contributed by atoms with E-state index in [1.54, 1.807) is 0 Å². The van der Waals surface area contributed by atoms with Crippen LogP contribution in [0.2, 0.25) is 0 Å². The molecule has 8 rings (SSSR count). The van der Waals surface area contributed by atoms with Crippen molar-refractivity contribution in [1.82, 2.24) is 10.3 Å². The van der Waals surface area contributed by atoms with E-state index in [4.69, 9.17) is 10.00 Å². The van der Waals surface area contributed by atoms with Crippen molar-refractivity contribution in [3.05, 3.63) is 161 Å². The third-order valence-corrected chi connectivity index (χ3v) is 14.4. The number of nitrogens with zero attached hydrogens (tertiary/aromatic N) is 4. The Hall–Kier alpha value is -6.39. The van der Waals surface area contributed by atoms with Crippen molar-refractivity contribution in [1.29, 1.82) is 5.26 Å². The van der Waals surface area contributed by atoms with Gasteiger partial charge in [0.1, 0.15) is 25.0 Å². The van der Waals surface area contributed by atoms with Crippen LogP contribution < -0.4 is 15.0 Å². The standard InChI is InChI=1S/C55H57N5O5S2/c1-54(2)48(23-9-6-5-7-10-24-49-55(3,4)53-43-22-15-13-20-40(43)27-31-46(53)60(49)34-17-18-36-67(62,63)64)59(45-30-26-39-19-12-14-21-42(39)52(45)54)33-16-8-11-25-50(61)57-32-35-65-41-28-29-44-47(37-41)66-51(38-56)58-44/h5-7,9-10,12-15,19-24,26-31,36-37H,8,11,16-18,25,32-35H2,1-4H3,(H,57,61)(H,62,63,64)/p-1. The number of unbranched alkanes of at least 4 members (excludes halogenated alkanes) is 3. The van der Waals surface area contributed by atoms with Gasteiger partial charge in [0.05, 0.1) is 22.2 Å². The van der Waals surface area contributed by atoms with Gasteiger partial charge in [-0.15, -0.1) is 11.3 Å². The summed E-state index contributed by atoms with van der Waals surface area (Å²) in [7, 11) is -4.39. The van der Waals surface area contributed by atoms with Gasteiger partial charge in [-0.1, -0.05) is 105 Å². The van der Waals surface area contributed by atoms with Crippen molar-refractivity contribution in [2.45, 2.75) is 77.0 Å². The third-order valence-electron chi connectivity index (χ3n) is 12.8. The van der Waals surface area contributed by atoms with Crippen molar-refractivity contribution < 1.29 is 27.1 Å². The van der Waals surface area contributed by atoms with E-state index in [2.05, 4.69) is 151 Å². The van der Waals surface area contributed by atoms with Crippen LogP contribution in [0.3, 0.4) is 0 Å². The third kappa shape index (κ3) is 10.4. The number of rotatable bonds is 19. The molecule has 0 saturated heterocycles. The summed E-state index contributed by atoms with van der Waals surface area (Å²) in [5.74, 6) is 1.57. The molecule has 67 heavy (non-hydrogen) atoms. The van der Waals surface area contributed by atoms with Crippen molar-refractivity contribution in [2.75, 3.05) is 31.1 Å². The highest BCUT2D eigenvalue weighted by Gasteiger charge is 2.45. The molecule has 3 heterocycles. The van der Waals surface area contributed by atoms with Crippen LogP contribution in [0.1, 0.15) is 82.4 Å². The van der Waals surface area contributed by atoms with E-state index >= 15 is 0 Å². The molecule has 0 radical (unpaired) electrons. The number of allylic oxidation sites excluding steroid dienone is 8. The maximum Gasteiger partial charge on any atom is 0.220 e. The van der Waals surface area contributed by atoms with Gasteiger partial charge in [0.2, 0.25) is 11.6 Å². The summed E-state index contributed by atoms with van der Waals surface area (Å²) >= 11 is 1.33. The quantitative estimate of drug-likeness (QED) is 0.0279. The number of thiazole rings is 1. The summed E-state index contributed by atoms with van der Waals surface area (Å²) < 4.78 is 43.1. The number of anilines is 1. The number of carbonyl (C=O) groups is 1. The van der Waals surface area contributed by atoms with Crippen molar-refractivity contribution in [3.63, 3.8) is 0 Å². The zero-order chi connectivity index (χ0) is 47.2. The molecule has 344 valence electrons. The Balaban J connectivity index is 0.913. The van der Waals surface area contributed by atoms with E-state index in [0.29, 0.717) is 43.3 Å². The van der Waals surface area contributed by atoms with Crippen LogP contribution in [0, 0.1) is 17.1 Å². The van der Waals surface area contributed by atoms with Gasteiger partial charge in [-0.2, -0.15) is 16.3 Å². The molecule has 0 bridgehead atoms. The molecule has 0 unspecified atom stereocenters. The largest absolute Gasteiger partial charge is 0.774 e. The Labute approximate surface area is 398 Å². The lowest BCUT2D eigenvalue weighted by Crippen LogP contribution is -2.28. The van der Waals surface area contributed by atoms with Gasteiger partial charge in [-0.05, 0) is 100 Å². The van der Waals surface area contributed by atoms with Crippen LogP contribution >= 0.6 is 11.3 Å². The molecular weight excluding hydrogens is 875 g/mol. The van der Waals surface area contributed by atoms with Crippen LogP contribution in [0.25, 0.3) is 31.8 Å². The highest BCUT2D eigenvalue weighted by Crippen LogP contribution is 2.51. The lowest BCUT2D eigenvalue weighted by molar-refractivity contribution is -0.438. The minimum Gasteiger partial charge on any atom is -0.774 e. The first-order valence-electron chi connectivity index (χ1n) is 22.9. The number of aromatic nitrogens is 1. The van der Waals surface area contributed by atoms with E-state index < -0.39 is 10.1 Å². The monoisotopic (exact) mass is 930 g/mol. The number of benzene rings is 5. The first-order valence-corrected chi connectivity index (χ1v) is 25.2. The number of fused-ring (bicyclic) bond motifs is 7. The predicted octanol–water partition coefficient (Wildman–Crippen LogP) is 11.4. The summed E-state index contributed by atoms with van der Waals surface area (Å²) in [5, 5.41) is 17.4. The fraction of sp³-hybridized carbons (Fsp3) is 0.291. The Morgan fingerprint density at radius 3 is 2.36 bits per heavy atom. The average molecular weight is 931 g/mol. The molecule has 1 N–H and O–H groups in total. The van der Waals surface area contributed by atoms with Gasteiger partial charge in [0.15, 0.2) is 10.7 Å². The molecular formula is C55H56N5O5S2-. The lowest BCUT2D eigenvalue weighted by Gasteiger charge is -2.28. The van der Waals surface area contributed by atoms with E-state index in [0.717, 1.165) is 53.2 Å². The number of hydrogen-bond acceptors (Lipinski definition) is 9. The number of carbonyl (C=O) groups excluding carboxylic acids is 1. The van der Waals surface area contributed by atoms with Gasteiger partial charge in [-0.3, -0.25) is 13.2 Å². The molecule has 0 atom stereocenters. The fourth-order valence-corrected chi connectivity index (χ4v) is 11.0. The predicted molar refractivity (Wildman–Crippen MR) is 271 cm³/mol. The summed E-state index contributed by atoms with van der Waals surface area (Å²) in [6.45, 7) is 11.2. The van der Waals surface area contributed by atoms with Gasteiger partial charge >= 0.3 is 0 Å². The van der Waals surface area contributed by atoms with Crippen LogP contribution in [-0.4, -0.2) is 60.4 Å². The van der Waals surface area contributed by atoms with E-state index in [9.17, 15) is 17.8 Å². The Morgan fingerprint density at radius 2 is 1.60 bits per heavy atom. The summed E-state index contributed by atoms with van der Waals surface area (Å²) in [6.07, 6.45) is 18.5. The van der Waals surface area contributed by atoms with Crippen LogP contribution in [0.5, 0.6) is 5.75 Å². The Kier molecular flexibility index (Phi) is 14.2. The van der Waals surface area contributed by atoms with Gasteiger partial charge in [0, 0.05) is 53.9 Å². The van der Waals surface area contributed by atoms with Crippen LogP contribution in [0.15, 0.2) is 139 Å². The number of nitrogens with one attached hydrogen (secondary N) is 1. The number of hydrogen-bond donors (Lipinski definition) is 1. The Morgan fingerprint density at radius 1 is 0.881 bits per heavy atom. The second-order valence-corrected chi connectivity index (χ2v) is 20.4. The van der Waals surface area contributed by atoms with Crippen molar-refractivity contribution >= 4 is 76.2 Å². The summed E-state index contributed by atoms with van der Waals surface area (Å²) in [5.41, 5.74) is 7.43. The van der Waals surface area contributed by atoms with Gasteiger partial charge in [-0.25, -0.2) is 10.7 Å². The topological polar surface area (TPSA) is 138 Å². The fourth-order valence-electron chi connectivity index (χ4n) is 9.74. The SMILES string of the molecule is CC1(C)C(=CC=CC=CC=CC2=[N+](CCCCCC(=O)NCCOc3ccc4nc(C#N)sc4c3)c3ccc4ccccc4c3C2(C)C)N(CCC[CH-]S(=O)(=O)[O-])c2ccc3ccccc3c21. The second kappa shape index (κ2) is 20.2. The van der Waals surface area contributed by atoms with Crippen molar-refractivity contribution in [2.24, 2.45) is 0 Å². The molecule has 12 heteroatoms. The molecule has 0 aliphatic carbocycles. The summed E-state index contributed by atoms with van der Waals surface area (Å²) in [4.78, 5) is 19.3. The maximum atomic E-state index is 12.7. The van der Waals surface area contributed by atoms with Gasteiger partial charge in [0.25, 0.3) is 0 Å². The molecule has 10 nitrogen and oxygen atoms in total. The molecule has 1 aromatic heterocycles. The highest BCUT2D eigenvalue weighted by atomic mass is 32.2. The van der Waals surface area contributed by atoms with E-state index in [1.807, 2.05) is 36.4 Å². The van der Waals surface area contributed by atoms with Crippen LogP contribution in [-0.2, 0) is 25.7 Å². The second-order valence-electron chi connectivity index (χ2n) is 18.1. The molecule has 0 saturated carbocycles. The van der Waals surface area contributed by atoms with E-state index in [-0.39, 0.29) is 23.2 Å². The molecule has 5 aromatic carbocycles. The first-order chi connectivity index (χ1) is 32.3. The number of nitriles is 1. The number of ether oxygens (including phenoxy) is 1. The molecule has 0 fully saturated rings. The minimum atomic E-state index is -4.39. The minimum absolute atomic E-state index is 0.0139. The molecule has 2 aliphatic heterocycles. The molecule has 2 aliphatic rings. The average Bonchev–Trinajstić information content (AvgIpc) is 3.90. The zero-order valence-corrected chi connectivity index (χ0v) is 40.1. The zero-order valence-electron chi connectivity index (χ0n) is 38.5. The van der Waals surface area contributed by atoms with E-state index in [1.165, 1.54) is 55.4 Å². The Bertz CT molecular complexity index is 3150. The van der Waals surface area contributed by atoms with Gasteiger partial charge < -0.3 is 19.5 Å². The lowest BCUT2D eigenvalue weighted by atomic mass is 9.79. The van der Waals surface area contributed by atoms with Crippen LogP contribution in [0.4, 0.5) is 11.4 Å². The normalized spacial score (nSPS) is 16.1. The first kappa shape index (κ1) is 47.1. The molecule has 6 aromatic rings. The number of amides is 1. The maximum absolute atomic E-state index is 12.7. The smallest absolute Gasteiger partial charge is 0.220 e. The molecule has 1 amide bonds. The molecule has 0 spiro atoms. The summed E-state index contributed by atoms with van der Waals surface area (Å²) in [6, 6.07) is 33.4. The highest BCUT2D eigenvalue weighted by molar-refractivity contribution is 7.87. The van der Waals surface area contributed by atoms with Crippen molar-refractivity contribution in [3.8, 4) is 11.8 Å².